The molecular weight excluding hydrogens is 386 g/mol. The number of furan rings is 1. The third-order valence-corrected chi connectivity index (χ3v) is 5.09. The van der Waals surface area contributed by atoms with Crippen LogP contribution in [0.4, 0.5) is 4.79 Å². The Kier molecular flexibility index (Phi) is 3.88. The van der Waals surface area contributed by atoms with E-state index in [0.29, 0.717) is 18.7 Å². The Hall–Kier alpha value is -2.54. The van der Waals surface area contributed by atoms with Crippen LogP contribution in [0.25, 0.3) is 0 Å². The lowest BCUT2D eigenvalue weighted by atomic mass is 9.96. The molecule has 3 amide bonds. The lowest BCUT2D eigenvalue weighted by Gasteiger charge is -2.31. The molecule has 1 aromatic carbocycles. The maximum Gasteiger partial charge on any atom is 0.322 e. The van der Waals surface area contributed by atoms with Crippen LogP contribution in [0.3, 0.4) is 0 Å². The summed E-state index contributed by atoms with van der Waals surface area (Å²) in [5, 5.41) is 2.93. The standard InChI is InChI=1S/C18H16BrN3O3/c1-21-14-10-22(9-13-3-2-8-25-13)17(23)15(14)16(20-18(21)24)11-4-6-12(19)7-5-11/h2-8,16H,9-10H2,1H3,(H,20,24). The second kappa shape index (κ2) is 6.07. The molecule has 6 nitrogen and oxygen atoms in total. The quantitative estimate of drug-likeness (QED) is 0.859. The molecule has 2 aliphatic rings. The molecule has 1 unspecified atom stereocenters. The van der Waals surface area contributed by atoms with Gasteiger partial charge in [-0.1, -0.05) is 28.1 Å². The first-order valence-corrected chi connectivity index (χ1v) is 8.68. The first-order valence-electron chi connectivity index (χ1n) is 7.89. The molecular formula is C18H16BrN3O3. The van der Waals surface area contributed by atoms with Crippen molar-refractivity contribution in [3.05, 3.63) is 69.7 Å². The van der Waals surface area contributed by atoms with Crippen LogP contribution < -0.4 is 5.32 Å². The Labute approximate surface area is 153 Å². The molecule has 7 heteroatoms. The summed E-state index contributed by atoms with van der Waals surface area (Å²) in [5.41, 5.74) is 2.24. The predicted octanol–water partition coefficient (Wildman–Crippen LogP) is 3.03. The Morgan fingerprint density at radius 3 is 2.68 bits per heavy atom. The Morgan fingerprint density at radius 2 is 2.00 bits per heavy atom. The van der Waals surface area contributed by atoms with Gasteiger partial charge in [0.1, 0.15) is 5.76 Å². The lowest BCUT2D eigenvalue weighted by Crippen LogP contribution is -2.45. The molecule has 25 heavy (non-hydrogen) atoms. The molecule has 2 aliphatic heterocycles. The van der Waals surface area contributed by atoms with Crippen LogP contribution >= 0.6 is 15.9 Å². The fraction of sp³-hybridized carbons (Fsp3) is 0.222. The highest BCUT2D eigenvalue weighted by Crippen LogP contribution is 2.36. The van der Waals surface area contributed by atoms with E-state index in [9.17, 15) is 9.59 Å². The maximum absolute atomic E-state index is 13.0. The van der Waals surface area contributed by atoms with Gasteiger partial charge in [0.2, 0.25) is 0 Å². The van der Waals surface area contributed by atoms with Crippen LogP contribution in [0, 0.1) is 0 Å². The summed E-state index contributed by atoms with van der Waals surface area (Å²) in [5.74, 6) is 0.640. The van der Waals surface area contributed by atoms with Gasteiger partial charge in [0.25, 0.3) is 5.91 Å². The number of urea groups is 1. The van der Waals surface area contributed by atoms with Crippen molar-refractivity contribution in [3.8, 4) is 0 Å². The van der Waals surface area contributed by atoms with Gasteiger partial charge in [-0.15, -0.1) is 0 Å². The van der Waals surface area contributed by atoms with Crippen LogP contribution in [-0.2, 0) is 11.3 Å². The lowest BCUT2D eigenvalue weighted by molar-refractivity contribution is -0.126. The molecule has 1 atom stereocenters. The van der Waals surface area contributed by atoms with E-state index in [4.69, 9.17) is 4.42 Å². The molecule has 0 radical (unpaired) electrons. The highest BCUT2D eigenvalue weighted by Gasteiger charge is 2.42. The number of nitrogens with one attached hydrogen (secondary N) is 1. The van der Waals surface area contributed by atoms with Gasteiger partial charge >= 0.3 is 6.03 Å². The first-order chi connectivity index (χ1) is 12.0. The van der Waals surface area contributed by atoms with Crippen LogP contribution in [0.5, 0.6) is 0 Å². The fourth-order valence-electron chi connectivity index (χ4n) is 3.25. The van der Waals surface area contributed by atoms with E-state index in [1.165, 1.54) is 4.90 Å². The van der Waals surface area contributed by atoms with Gasteiger partial charge in [0, 0.05) is 11.5 Å². The normalized spacial score (nSPS) is 20.2. The van der Waals surface area contributed by atoms with E-state index in [-0.39, 0.29) is 11.9 Å². The second-order valence-electron chi connectivity index (χ2n) is 6.09. The van der Waals surface area contributed by atoms with E-state index in [1.54, 1.807) is 24.3 Å². The van der Waals surface area contributed by atoms with Crippen molar-refractivity contribution < 1.29 is 14.0 Å². The minimum Gasteiger partial charge on any atom is -0.467 e. The average molecular weight is 402 g/mol. The van der Waals surface area contributed by atoms with Crippen molar-refractivity contribution in [1.82, 2.24) is 15.1 Å². The van der Waals surface area contributed by atoms with E-state index < -0.39 is 6.04 Å². The van der Waals surface area contributed by atoms with Crippen LogP contribution in [0.2, 0.25) is 0 Å². The van der Waals surface area contributed by atoms with Crippen LogP contribution in [0.1, 0.15) is 17.4 Å². The highest BCUT2D eigenvalue weighted by atomic mass is 79.9. The number of hydrogen-bond acceptors (Lipinski definition) is 3. The summed E-state index contributed by atoms with van der Waals surface area (Å²) < 4.78 is 6.30. The number of rotatable bonds is 3. The minimum atomic E-state index is -0.444. The molecule has 4 rings (SSSR count). The zero-order valence-electron chi connectivity index (χ0n) is 13.5. The molecule has 1 aromatic heterocycles. The monoisotopic (exact) mass is 401 g/mol. The van der Waals surface area contributed by atoms with Gasteiger partial charge < -0.3 is 14.6 Å². The number of likely N-dealkylation sites (N-methyl/N-ethyl adjacent to an activating group) is 1. The van der Waals surface area contributed by atoms with E-state index >= 15 is 0 Å². The average Bonchev–Trinajstić information content (AvgIpc) is 3.22. The zero-order chi connectivity index (χ0) is 17.6. The molecule has 0 bridgehead atoms. The number of benzene rings is 1. The molecule has 128 valence electrons. The Balaban J connectivity index is 1.69. The van der Waals surface area contributed by atoms with E-state index in [2.05, 4.69) is 21.2 Å². The molecule has 0 spiro atoms. The van der Waals surface area contributed by atoms with Gasteiger partial charge in [-0.25, -0.2) is 4.79 Å². The molecule has 2 aromatic rings. The molecule has 0 saturated heterocycles. The number of nitrogens with zero attached hydrogens (tertiary/aromatic N) is 2. The van der Waals surface area contributed by atoms with Gasteiger partial charge in [-0.2, -0.15) is 0 Å². The van der Waals surface area contributed by atoms with E-state index in [0.717, 1.165) is 21.5 Å². The summed E-state index contributed by atoms with van der Waals surface area (Å²) in [6.45, 7) is 0.778. The summed E-state index contributed by atoms with van der Waals surface area (Å²) in [6, 6.07) is 10.6. The minimum absolute atomic E-state index is 0.0776. The van der Waals surface area contributed by atoms with Gasteiger partial charge in [0.05, 0.1) is 36.7 Å². The zero-order valence-corrected chi connectivity index (χ0v) is 15.1. The molecule has 0 saturated carbocycles. The van der Waals surface area contributed by atoms with Crippen LogP contribution in [0.15, 0.2) is 62.8 Å². The topological polar surface area (TPSA) is 65.8 Å². The summed E-state index contributed by atoms with van der Waals surface area (Å²) >= 11 is 3.41. The van der Waals surface area contributed by atoms with Gasteiger partial charge in [-0.05, 0) is 29.8 Å². The molecule has 3 heterocycles. The number of amides is 3. The van der Waals surface area contributed by atoms with Gasteiger partial charge in [0.15, 0.2) is 0 Å². The van der Waals surface area contributed by atoms with Crippen molar-refractivity contribution in [2.45, 2.75) is 12.6 Å². The number of carbonyl (C=O) groups is 2. The van der Waals surface area contributed by atoms with Crippen molar-refractivity contribution in [1.29, 1.82) is 0 Å². The smallest absolute Gasteiger partial charge is 0.322 e. The summed E-state index contributed by atoms with van der Waals surface area (Å²) in [4.78, 5) is 28.6. The summed E-state index contributed by atoms with van der Waals surface area (Å²) in [6.07, 6.45) is 1.59. The molecule has 0 fully saturated rings. The Bertz CT molecular complexity index is 858. The van der Waals surface area contributed by atoms with Crippen molar-refractivity contribution >= 4 is 27.9 Å². The largest absolute Gasteiger partial charge is 0.467 e. The van der Waals surface area contributed by atoms with Crippen molar-refractivity contribution in [2.75, 3.05) is 13.6 Å². The van der Waals surface area contributed by atoms with Gasteiger partial charge in [-0.3, -0.25) is 9.69 Å². The highest BCUT2D eigenvalue weighted by molar-refractivity contribution is 9.10. The fourth-order valence-corrected chi connectivity index (χ4v) is 3.51. The molecule has 1 N–H and O–H groups in total. The van der Waals surface area contributed by atoms with Crippen molar-refractivity contribution in [3.63, 3.8) is 0 Å². The van der Waals surface area contributed by atoms with Crippen LogP contribution in [-0.4, -0.2) is 35.3 Å². The predicted molar refractivity (Wildman–Crippen MR) is 94.3 cm³/mol. The number of hydrogen-bond donors (Lipinski definition) is 1. The second-order valence-corrected chi connectivity index (χ2v) is 7.01. The maximum atomic E-state index is 13.0. The number of carbonyl (C=O) groups excluding carboxylic acids is 2. The summed E-state index contributed by atoms with van der Waals surface area (Å²) in [7, 11) is 1.69. The van der Waals surface area contributed by atoms with Crippen molar-refractivity contribution in [2.24, 2.45) is 0 Å². The Morgan fingerprint density at radius 1 is 1.24 bits per heavy atom. The third kappa shape index (κ3) is 2.74. The molecule has 0 aliphatic carbocycles. The third-order valence-electron chi connectivity index (χ3n) is 4.57. The number of halogens is 1. The van der Waals surface area contributed by atoms with E-state index in [1.807, 2.05) is 30.3 Å². The SMILES string of the molecule is CN1C(=O)NC(c2ccc(Br)cc2)C2=C1CN(Cc1ccco1)C2=O. The first kappa shape index (κ1) is 16.0.